The van der Waals surface area contributed by atoms with Crippen LogP contribution in [0.15, 0.2) is 85.1 Å². The lowest BCUT2D eigenvalue weighted by Gasteiger charge is -2.09. The van der Waals surface area contributed by atoms with E-state index in [1.165, 1.54) is 12.2 Å². The molecule has 134 valence electrons. The predicted molar refractivity (Wildman–Crippen MR) is 110 cm³/mol. The first-order chi connectivity index (χ1) is 13.2. The summed E-state index contributed by atoms with van der Waals surface area (Å²) in [6.45, 7) is 0.426. The van der Waals surface area contributed by atoms with Crippen molar-refractivity contribution in [1.82, 2.24) is 4.98 Å². The van der Waals surface area contributed by atoms with Gasteiger partial charge < -0.3 is 4.74 Å². The summed E-state index contributed by atoms with van der Waals surface area (Å²) in [6.07, 6.45) is 8.14. The van der Waals surface area contributed by atoms with Crippen LogP contribution in [0.25, 0.3) is 12.2 Å². The van der Waals surface area contributed by atoms with E-state index in [9.17, 15) is 4.79 Å². The Bertz CT molecular complexity index is 948. The molecule has 0 N–H and O–H groups in total. The van der Waals surface area contributed by atoms with Crippen LogP contribution in [-0.2, 0) is 11.4 Å². The Balaban J connectivity index is 1.64. The zero-order valence-electron chi connectivity index (χ0n) is 14.6. The lowest BCUT2D eigenvalue weighted by molar-refractivity contribution is -0.110. The fourth-order valence-corrected chi connectivity index (χ4v) is 2.49. The summed E-state index contributed by atoms with van der Waals surface area (Å²) in [4.78, 5) is 16.2. The number of pyridine rings is 1. The van der Waals surface area contributed by atoms with Gasteiger partial charge in [-0.15, -0.1) is 0 Å². The highest BCUT2D eigenvalue weighted by Gasteiger charge is 2.02. The summed E-state index contributed by atoms with van der Waals surface area (Å²) in [5.41, 5.74) is 2.60. The third-order valence-electron chi connectivity index (χ3n) is 3.76. The molecule has 0 atom stereocenters. The van der Waals surface area contributed by atoms with Crippen molar-refractivity contribution in [3.8, 4) is 5.75 Å². The second kappa shape index (κ2) is 9.51. The predicted octanol–water partition coefficient (Wildman–Crippen LogP) is 5.61. The molecule has 3 rings (SSSR count). The van der Waals surface area contributed by atoms with E-state index < -0.39 is 0 Å². The summed E-state index contributed by atoms with van der Waals surface area (Å²) < 4.78 is 5.89. The number of rotatable bonds is 7. The van der Waals surface area contributed by atoms with E-state index in [2.05, 4.69) is 4.98 Å². The van der Waals surface area contributed by atoms with Crippen LogP contribution < -0.4 is 4.74 Å². The second-order valence-corrected chi connectivity index (χ2v) is 6.21. The molecule has 3 aromatic rings. The Morgan fingerprint density at radius 3 is 2.44 bits per heavy atom. The number of carbonyl (C=O) groups is 1. The molecule has 0 fully saturated rings. The first-order valence-electron chi connectivity index (χ1n) is 8.48. The van der Waals surface area contributed by atoms with E-state index >= 15 is 0 Å². The van der Waals surface area contributed by atoms with Crippen molar-refractivity contribution in [2.45, 2.75) is 6.61 Å². The molecule has 0 aliphatic carbocycles. The minimum absolute atomic E-state index is 0.117. The fourth-order valence-electron chi connectivity index (χ4n) is 2.36. The molecule has 3 nitrogen and oxygen atoms in total. The van der Waals surface area contributed by atoms with Crippen LogP contribution in [-0.4, -0.2) is 10.8 Å². The number of para-hydroxylation sites is 1. The number of allylic oxidation sites excluding steroid dienone is 2. The van der Waals surface area contributed by atoms with E-state index in [4.69, 9.17) is 16.3 Å². The molecule has 1 aromatic heterocycles. The molecular formula is C23H18ClNO2. The lowest BCUT2D eigenvalue weighted by Crippen LogP contribution is -1.96. The van der Waals surface area contributed by atoms with Gasteiger partial charge in [0, 0.05) is 16.8 Å². The number of nitrogens with zero attached hydrogens (tertiary/aromatic N) is 1. The maximum Gasteiger partial charge on any atom is 0.178 e. The number of halogens is 1. The summed E-state index contributed by atoms with van der Waals surface area (Å²) in [5.74, 6) is 0.596. The lowest BCUT2D eigenvalue weighted by atomic mass is 10.1. The van der Waals surface area contributed by atoms with Crippen LogP contribution in [0.2, 0.25) is 5.02 Å². The average molecular weight is 376 g/mol. The molecule has 1 heterocycles. The van der Waals surface area contributed by atoms with Gasteiger partial charge in [-0.25, -0.2) is 0 Å². The van der Waals surface area contributed by atoms with Crippen molar-refractivity contribution in [3.05, 3.63) is 107 Å². The van der Waals surface area contributed by atoms with Gasteiger partial charge in [0.05, 0.1) is 5.69 Å². The number of ether oxygens (including phenoxy) is 1. The van der Waals surface area contributed by atoms with Crippen molar-refractivity contribution in [3.63, 3.8) is 0 Å². The first-order valence-corrected chi connectivity index (χ1v) is 8.86. The van der Waals surface area contributed by atoms with Crippen molar-refractivity contribution in [2.75, 3.05) is 0 Å². The number of hydrogen-bond donors (Lipinski definition) is 0. The number of benzene rings is 2. The maximum absolute atomic E-state index is 12.1. The van der Waals surface area contributed by atoms with Gasteiger partial charge in [-0.2, -0.15) is 0 Å². The molecular weight excluding hydrogens is 358 g/mol. The van der Waals surface area contributed by atoms with Crippen molar-refractivity contribution in [2.24, 2.45) is 0 Å². The molecule has 2 aromatic carbocycles. The third-order valence-corrected chi connectivity index (χ3v) is 4.01. The van der Waals surface area contributed by atoms with Crippen molar-refractivity contribution >= 4 is 29.5 Å². The fraction of sp³-hybridized carbons (Fsp3) is 0.0435. The molecule has 0 radical (unpaired) electrons. The number of ketones is 1. The summed E-state index contributed by atoms with van der Waals surface area (Å²) in [7, 11) is 0. The topological polar surface area (TPSA) is 39.2 Å². The van der Waals surface area contributed by atoms with E-state index in [-0.39, 0.29) is 5.78 Å². The van der Waals surface area contributed by atoms with Gasteiger partial charge in [0.25, 0.3) is 0 Å². The van der Waals surface area contributed by atoms with Crippen LogP contribution in [0.1, 0.15) is 16.8 Å². The Labute approximate surface area is 163 Å². The highest BCUT2D eigenvalue weighted by molar-refractivity contribution is 6.30. The molecule has 0 unspecified atom stereocenters. The highest BCUT2D eigenvalue weighted by atomic mass is 35.5. The molecule has 0 aliphatic rings. The average Bonchev–Trinajstić information content (AvgIpc) is 2.71. The number of hydrogen-bond acceptors (Lipinski definition) is 3. The number of aromatic nitrogens is 1. The van der Waals surface area contributed by atoms with Crippen LogP contribution in [0.5, 0.6) is 5.75 Å². The van der Waals surface area contributed by atoms with Crippen LogP contribution >= 0.6 is 11.6 Å². The van der Waals surface area contributed by atoms with Gasteiger partial charge in [0.15, 0.2) is 5.78 Å². The van der Waals surface area contributed by atoms with Crippen molar-refractivity contribution in [1.29, 1.82) is 0 Å². The molecule has 27 heavy (non-hydrogen) atoms. The number of carbonyl (C=O) groups excluding carboxylic acids is 1. The monoisotopic (exact) mass is 375 g/mol. The van der Waals surface area contributed by atoms with Gasteiger partial charge >= 0.3 is 0 Å². The Morgan fingerprint density at radius 1 is 0.926 bits per heavy atom. The SMILES string of the molecule is O=C(C=Cc1ccccn1)C=Cc1ccccc1OCc1ccc(Cl)cc1. The molecule has 0 aliphatic heterocycles. The highest BCUT2D eigenvalue weighted by Crippen LogP contribution is 2.21. The zero-order chi connectivity index (χ0) is 18.9. The normalized spacial score (nSPS) is 11.1. The van der Waals surface area contributed by atoms with Gasteiger partial charge in [0.1, 0.15) is 12.4 Å². The van der Waals surface area contributed by atoms with E-state index in [0.717, 1.165) is 16.8 Å². The molecule has 0 bridgehead atoms. The smallest absolute Gasteiger partial charge is 0.178 e. The molecule has 4 heteroatoms. The Kier molecular flexibility index (Phi) is 6.55. The molecule has 0 amide bonds. The van der Waals surface area contributed by atoms with Gasteiger partial charge in [-0.05, 0) is 60.2 Å². The maximum atomic E-state index is 12.1. The third kappa shape index (κ3) is 5.94. The van der Waals surface area contributed by atoms with E-state index in [0.29, 0.717) is 17.4 Å². The van der Waals surface area contributed by atoms with E-state index in [1.54, 1.807) is 18.3 Å². The largest absolute Gasteiger partial charge is 0.488 e. The van der Waals surface area contributed by atoms with Crippen LogP contribution in [0, 0.1) is 0 Å². The van der Waals surface area contributed by atoms with Crippen LogP contribution in [0.3, 0.4) is 0 Å². The summed E-state index contributed by atoms with van der Waals surface area (Å²) in [5, 5.41) is 0.694. The van der Waals surface area contributed by atoms with Crippen LogP contribution in [0.4, 0.5) is 0 Å². The quantitative estimate of drug-likeness (QED) is 0.504. The molecule has 0 saturated heterocycles. The summed E-state index contributed by atoms with van der Waals surface area (Å²) >= 11 is 5.90. The first kappa shape index (κ1) is 18.6. The minimum atomic E-state index is -0.117. The standard InChI is InChI=1S/C23H18ClNO2/c24-20-11-8-18(9-12-20)17-27-23-7-2-1-5-19(23)10-14-22(26)15-13-21-6-3-4-16-25-21/h1-16H,17H2. The zero-order valence-corrected chi connectivity index (χ0v) is 15.3. The summed E-state index contributed by atoms with van der Waals surface area (Å²) in [6, 6.07) is 20.7. The van der Waals surface area contributed by atoms with Gasteiger partial charge in [-0.3, -0.25) is 9.78 Å². The van der Waals surface area contributed by atoms with Gasteiger partial charge in [-0.1, -0.05) is 48.0 Å². The van der Waals surface area contributed by atoms with Crippen molar-refractivity contribution < 1.29 is 9.53 Å². The molecule has 0 spiro atoms. The second-order valence-electron chi connectivity index (χ2n) is 5.78. The Hall–Kier alpha value is -3.17. The van der Waals surface area contributed by atoms with E-state index in [1.807, 2.05) is 66.7 Å². The minimum Gasteiger partial charge on any atom is -0.488 e. The Morgan fingerprint density at radius 2 is 1.67 bits per heavy atom. The van der Waals surface area contributed by atoms with Gasteiger partial charge in [0.2, 0.25) is 0 Å². The molecule has 0 saturated carbocycles.